The van der Waals surface area contributed by atoms with Crippen LogP contribution in [0.5, 0.6) is 0 Å². The second-order valence-corrected chi connectivity index (χ2v) is 4.85. The highest BCUT2D eigenvalue weighted by molar-refractivity contribution is 14.1. The molecule has 0 spiro atoms. The Bertz CT molecular complexity index is 499. The molecule has 1 unspecified atom stereocenters. The standard InChI is InChI=1S/C13H15IN2O2/c1-2-18-9-16-8-15-13(14)11(16)12(17)10-6-4-3-5-7-10/h3-8,12,17H,2,9H2,1H3. The molecule has 0 aliphatic heterocycles. The molecule has 1 aromatic carbocycles. The van der Waals surface area contributed by atoms with Crippen molar-refractivity contribution in [1.82, 2.24) is 9.55 Å². The van der Waals surface area contributed by atoms with Crippen LogP contribution in [0.1, 0.15) is 24.3 Å². The second kappa shape index (κ2) is 6.31. The average molecular weight is 358 g/mol. The van der Waals surface area contributed by atoms with Crippen LogP contribution in [-0.4, -0.2) is 21.3 Å². The molecule has 0 fully saturated rings. The smallest absolute Gasteiger partial charge is 0.125 e. The third-order valence-corrected chi connectivity index (χ3v) is 3.47. The molecule has 0 saturated carbocycles. The van der Waals surface area contributed by atoms with E-state index in [0.29, 0.717) is 13.3 Å². The van der Waals surface area contributed by atoms with Crippen molar-refractivity contribution in [1.29, 1.82) is 0 Å². The number of nitrogens with zero attached hydrogens (tertiary/aromatic N) is 2. The number of halogens is 1. The van der Waals surface area contributed by atoms with E-state index in [-0.39, 0.29) is 0 Å². The topological polar surface area (TPSA) is 47.3 Å². The van der Waals surface area contributed by atoms with E-state index in [0.717, 1.165) is 15.0 Å². The summed E-state index contributed by atoms with van der Waals surface area (Å²) in [7, 11) is 0. The van der Waals surface area contributed by atoms with Crippen molar-refractivity contribution in [2.24, 2.45) is 0 Å². The van der Waals surface area contributed by atoms with Crippen molar-refractivity contribution in [2.45, 2.75) is 19.8 Å². The Morgan fingerprint density at radius 2 is 2.11 bits per heavy atom. The molecular weight excluding hydrogens is 343 g/mol. The van der Waals surface area contributed by atoms with E-state index < -0.39 is 6.10 Å². The SMILES string of the molecule is CCOCn1cnc(I)c1C(O)c1ccccc1. The molecule has 2 aromatic rings. The molecule has 0 bridgehead atoms. The summed E-state index contributed by atoms with van der Waals surface area (Å²) in [4.78, 5) is 4.23. The Morgan fingerprint density at radius 3 is 2.78 bits per heavy atom. The normalized spacial score (nSPS) is 12.6. The van der Waals surface area contributed by atoms with Crippen LogP contribution < -0.4 is 0 Å². The van der Waals surface area contributed by atoms with Crippen LogP contribution in [0.3, 0.4) is 0 Å². The van der Waals surface area contributed by atoms with E-state index in [9.17, 15) is 5.11 Å². The molecule has 0 saturated heterocycles. The minimum atomic E-state index is -0.680. The first-order valence-electron chi connectivity index (χ1n) is 5.75. The predicted octanol–water partition coefficient (Wildman–Crippen LogP) is 2.56. The maximum atomic E-state index is 10.4. The Morgan fingerprint density at radius 1 is 1.39 bits per heavy atom. The summed E-state index contributed by atoms with van der Waals surface area (Å²) in [6, 6.07) is 9.56. The lowest BCUT2D eigenvalue weighted by atomic mass is 10.1. The van der Waals surface area contributed by atoms with E-state index in [1.165, 1.54) is 0 Å². The molecule has 0 aliphatic carbocycles. The molecule has 1 atom stereocenters. The number of imidazole rings is 1. The van der Waals surface area contributed by atoms with E-state index >= 15 is 0 Å². The summed E-state index contributed by atoms with van der Waals surface area (Å²) in [6.45, 7) is 2.98. The summed E-state index contributed by atoms with van der Waals surface area (Å²) in [5.74, 6) is 0. The van der Waals surface area contributed by atoms with Gasteiger partial charge in [0.05, 0.1) is 12.0 Å². The highest BCUT2D eigenvalue weighted by Crippen LogP contribution is 2.25. The Hall–Kier alpha value is -0.920. The zero-order chi connectivity index (χ0) is 13.0. The molecule has 1 N–H and O–H groups in total. The Labute approximate surface area is 120 Å². The van der Waals surface area contributed by atoms with Crippen molar-refractivity contribution < 1.29 is 9.84 Å². The van der Waals surface area contributed by atoms with Crippen LogP contribution in [-0.2, 0) is 11.5 Å². The fraction of sp³-hybridized carbons (Fsp3) is 0.308. The van der Waals surface area contributed by atoms with E-state index in [1.54, 1.807) is 6.33 Å². The summed E-state index contributed by atoms with van der Waals surface area (Å²) in [5.41, 5.74) is 1.63. The monoisotopic (exact) mass is 358 g/mol. The molecule has 1 aromatic heterocycles. The van der Waals surface area contributed by atoms with Crippen LogP contribution in [0.4, 0.5) is 0 Å². The first-order valence-corrected chi connectivity index (χ1v) is 6.83. The van der Waals surface area contributed by atoms with Crippen LogP contribution in [0.25, 0.3) is 0 Å². The molecule has 2 rings (SSSR count). The van der Waals surface area contributed by atoms with Gasteiger partial charge in [-0.2, -0.15) is 0 Å². The minimum Gasteiger partial charge on any atom is -0.382 e. The van der Waals surface area contributed by atoms with Gasteiger partial charge in [0.15, 0.2) is 0 Å². The quantitative estimate of drug-likeness (QED) is 0.836. The first kappa shape index (κ1) is 13.5. The largest absolute Gasteiger partial charge is 0.382 e. The van der Waals surface area contributed by atoms with Crippen LogP contribution >= 0.6 is 22.6 Å². The lowest BCUT2D eigenvalue weighted by Crippen LogP contribution is -2.11. The van der Waals surface area contributed by atoms with E-state index in [2.05, 4.69) is 27.6 Å². The number of rotatable bonds is 5. The van der Waals surface area contributed by atoms with Crippen molar-refractivity contribution in [3.63, 3.8) is 0 Å². The van der Waals surface area contributed by atoms with E-state index in [1.807, 2.05) is 41.8 Å². The second-order valence-electron chi connectivity index (χ2n) is 3.83. The fourth-order valence-electron chi connectivity index (χ4n) is 1.72. The van der Waals surface area contributed by atoms with Crippen molar-refractivity contribution in [3.8, 4) is 0 Å². The number of aliphatic hydroxyl groups is 1. The van der Waals surface area contributed by atoms with Gasteiger partial charge in [-0.25, -0.2) is 4.98 Å². The van der Waals surface area contributed by atoms with Gasteiger partial charge in [-0.15, -0.1) is 0 Å². The number of aliphatic hydroxyl groups excluding tert-OH is 1. The number of ether oxygens (including phenoxy) is 1. The number of benzene rings is 1. The average Bonchev–Trinajstić information content (AvgIpc) is 2.77. The van der Waals surface area contributed by atoms with Gasteiger partial charge < -0.3 is 14.4 Å². The van der Waals surface area contributed by atoms with Gasteiger partial charge in [-0.1, -0.05) is 30.3 Å². The lowest BCUT2D eigenvalue weighted by Gasteiger charge is -2.14. The van der Waals surface area contributed by atoms with Crippen LogP contribution in [0, 0.1) is 3.70 Å². The van der Waals surface area contributed by atoms with Gasteiger partial charge >= 0.3 is 0 Å². The summed E-state index contributed by atoms with van der Waals surface area (Å²) < 4.78 is 8.00. The van der Waals surface area contributed by atoms with Gasteiger partial charge in [0, 0.05) is 6.61 Å². The molecule has 0 radical (unpaired) electrons. The molecule has 1 heterocycles. The Balaban J connectivity index is 2.29. The van der Waals surface area contributed by atoms with Gasteiger partial charge in [0.25, 0.3) is 0 Å². The number of hydrogen-bond donors (Lipinski definition) is 1. The summed E-state index contributed by atoms with van der Waals surface area (Å²) >= 11 is 2.13. The molecule has 18 heavy (non-hydrogen) atoms. The van der Waals surface area contributed by atoms with Gasteiger partial charge in [0.1, 0.15) is 16.5 Å². The van der Waals surface area contributed by atoms with Crippen molar-refractivity contribution >= 4 is 22.6 Å². The van der Waals surface area contributed by atoms with E-state index in [4.69, 9.17) is 4.74 Å². The third-order valence-electron chi connectivity index (χ3n) is 2.64. The first-order chi connectivity index (χ1) is 8.74. The van der Waals surface area contributed by atoms with Gasteiger partial charge in [0.2, 0.25) is 0 Å². The summed E-state index contributed by atoms with van der Waals surface area (Å²) in [6.07, 6.45) is 1.01. The fourth-order valence-corrected chi connectivity index (χ4v) is 2.45. The zero-order valence-corrected chi connectivity index (χ0v) is 12.2. The highest BCUT2D eigenvalue weighted by Gasteiger charge is 2.19. The molecular formula is C13H15IN2O2. The Kier molecular flexibility index (Phi) is 4.73. The number of aromatic nitrogens is 2. The highest BCUT2D eigenvalue weighted by atomic mass is 127. The van der Waals surface area contributed by atoms with Gasteiger partial charge in [-0.05, 0) is 35.1 Å². The number of hydrogen-bond acceptors (Lipinski definition) is 3. The molecule has 0 aliphatic rings. The third kappa shape index (κ3) is 2.90. The molecule has 4 nitrogen and oxygen atoms in total. The van der Waals surface area contributed by atoms with Crippen molar-refractivity contribution in [2.75, 3.05) is 6.61 Å². The zero-order valence-electron chi connectivity index (χ0n) is 10.1. The molecule has 0 amide bonds. The summed E-state index contributed by atoms with van der Waals surface area (Å²) in [5, 5.41) is 10.4. The van der Waals surface area contributed by atoms with Crippen molar-refractivity contribution in [3.05, 3.63) is 51.6 Å². The maximum Gasteiger partial charge on any atom is 0.125 e. The predicted molar refractivity (Wildman–Crippen MR) is 77.1 cm³/mol. The maximum absolute atomic E-state index is 10.4. The lowest BCUT2D eigenvalue weighted by molar-refractivity contribution is 0.0799. The molecule has 96 valence electrons. The molecule has 5 heteroatoms. The van der Waals surface area contributed by atoms with Gasteiger partial charge in [-0.3, -0.25) is 0 Å². The minimum absolute atomic E-state index is 0.408. The van der Waals surface area contributed by atoms with Crippen LogP contribution in [0.15, 0.2) is 36.7 Å². The van der Waals surface area contributed by atoms with Crippen LogP contribution in [0.2, 0.25) is 0 Å².